The summed E-state index contributed by atoms with van der Waals surface area (Å²) < 4.78 is 39.0. The fourth-order valence-electron chi connectivity index (χ4n) is 1.14. The van der Waals surface area contributed by atoms with Gasteiger partial charge in [0.2, 0.25) is 0 Å². The third-order valence-electron chi connectivity index (χ3n) is 1.99. The molecule has 0 spiro atoms. The highest BCUT2D eigenvalue weighted by atomic mass is 19.2. The van der Waals surface area contributed by atoms with Crippen molar-refractivity contribution in [2.75, 3.05) is 0 Å². The van der Waals surface area contributed by atoms with E-state index in [1.807, 2.05) is 0 Å². The van der Waals surface area contributed by atoms with Crippen LogP contribution >= 0.6 is 0 Å². The van der Waals surface area contributed by atoms with E-state index >= 15 is 0 Å². The SMILES string of the molecule is Bc1c(F)c(F)c(C)c(C(=O)O)c1F. The van der Waals surface area contributed by atoms with E-state index in [-0.39, 0.29) is 0 Å². The van der Waals surface area contributed by atoms with Crippen LogP contribution in [0.15, 0.2) is 0 Å². The van der Waals surface area contributed by atoms with E-state index in [4.69, 9.17) is 5.11 Å². The van der Waals surface area contributed by atoms with Crippen molar-refractivity contribution in [3.8, 4) is 0 Å². The molecule has 1 aromatic rings. The van der Waals surface area contributed by atoms with Gasteiger partial charge in [0, 0.05) is 5.56 Å². The minimum atomic E-state index is -1.61. The predicted octanol–water partition coefficient (Wildman–Crippen LogP) is 0.369. The van der Waals surface area contributed by atoms with Crippen molar-refractivity contribution in [3.63, 3.8) is 0 Å². The molecule has 1 N–H and O–H groups in total. The number of halogens is 3. The summed E-state index contributed by atoms with van der Waals surface area (Å²) >= 11 is 0. The summed E-state index contributed by atoms with van der Waals surface area (Å²) in [5.74, 6) is -5.50. The Bertz CT molecular complexity index is 389. The zero-order valence-electron chi connectivity index (χ0n) is 7.49. The van der Waals surface area contributed by atoms with E-state index in [0.29, 0.717) is 0 Å². The molecule has 0 radical (unpaired) electrons. The fourth-order valence-corrected chi connectivity index (χ4v) is 1.14. The summed E-state index contributed by atoms with van der Waals surface area (Å²) in [6, 6.07) is 0. The molecule has 0 heterocycles. The lowest BCUT2D eigenvalue weighted by atomic mass is 9.90. The van der Waals surface area contributed by atoms with E-state index in [9.17, 15) is 18.0 Å². The second kappa shape index (κ2) is 3.36. The van der Waals surface area contributed by atoms with E-state index in [2.05, 4.69) is 0 Å². The van der Waals surface area contributed by atoms with Crippen LogP contribution in [0.25, 0.3) is 0 Å². The van der Waals surface area contributed by atoms with Crippen molar-refractivity contribution >= 4 is 19.3 Å². The molecule has 0 bridgehead atoms. The van der Waals surface area contributed by atoms with E-state index in [1.165, 1.54) is 0 Å². The van der Waals surface area contributed by atoms with Crippen molar-refractivity contribution < 1.29 is 23.1 Å². The average Bonchev–Trinajstić information content (AvgIpc) is 2.11. The van der Waals surface area contributed by atoms with Crippen LogP contribution < -0.4 is 5.46 Å². The highest BCUT2D eigenvalue weighted by Gasteiger charge is 2.23. The molecular formula is C8H6BF3O2. The van der Waals surface area contributed by atoms with Gasteiger partial charge >= 0.3 is 5.97 Å². The van der Waals surface area contributed by atoms with Crippen LogP contribution in [0, 0.1) is 24.4 Å². The highest BCUT2D eigenvalue weighted by Crippen LogP contribution is 2.17. The molecule has 1 rings (SSSR count). The number of carboxylic acids is 1. The first-order valence-corrected chi connectivity index (χ1v) is 3.74. The van der Waals surface area contributed by atoms with Crippen molar-refractivity contribution in [1.82, 2.24) is 0 Å². The molecule has 0 fully saturated rings. The molecule has 0 aliphatic heterocycles. The lowest BCUT2D eigenvalue weighted by Gasteiger charge is -2.08. The quantitative estimate of drug-likeness (QED) is 0.527. The Morgan fingerprint density at radius 3 is 2.14 bits per heavy atom. The van der Waals surface area contributed by atoms with Crippen molar-refractivity contribution in [2.45, 2.75) is 6.92 Å². The van der Waals surface area contributed by atoms with Gasteiger partial charge in [-0.3, -0.25) is 0 Å². The molecule has 0 aliphatic carbocycles. The fraction of sp³-hybridized carbons (Fsp3) is 0.125. The Hall–Kier alpha value is -1.46. The monoisotopic (exact) mass is 202 g/mol. The third kappa shape index (κ3) is 1.36. The molecule has 6 heteroatoms. The predicted molar refractivity (Wildman–Crippen MR) is 46.2 cm³/mol. The minimum Gasteiger partial charge on any atom is -0.478 e. The second-order valence-corrected chi connectivity index (χ2v) is 2.87. The van der Waals surface area contributed by atoms with Gasteiger partial charge in [0.1, 0.15) is 19.2 Å². The number of benzene rings is 1. The molecule has 0 amide bonds. The zero-order chi connectivity index (χ0) is 11.0. The summed E-state index contributed by atoms with van der Waals surface area (Å²) in [5, 5.41) is 8.56. The van der Waals surface area contributed by atoms with Gasteiger partial charge in [0.25, 0.3) is 0 Å². The first kappa shape index (κ1) is 10.6. The molecule has 0 aromatic heterocycles. The molecule has 0 saturated heterocycles. The largest absolute Gasteiger partial charge is 0.478 e. The van der Waals surface area contributed by atoms with Crippen LogP contribution in [0.3, 0.4) is 0 Å². The molecule has 0 atom stereocenters. The number of rotatable bonds is 1. The standard InChI is InChI=1S/C8H6BF3O2/c1-2-3(8(13)14)6(11)4(9)7(12)5(2)10/h9H2,1H3,(H,13,14). The Balaban J connectivity index is 3.68. The lowest BCUT2D eigenvalue weighted by Crippen LogP contribution is -2.22. The van der Waals surface area contributed by atoms with Crippen molar-refractivity contribution in [1.29, 1.82) is 0 Å². The highest BCUT2D eigenvalue weighted by molar-refractivity contribution is 6.33. The van der Waals surface area contributed by atoms with Gasteiger partial charge in [0.05, 0.1) is 0 Å². The van der Waals surface area contributed by atoms with Gasteiger partial charge in [0.15, 0.2) is 11.6 Å². The van der Waals surface area contributed by atoms with Crippen LogP contribution in [0.2, 0.25) is 0 Å². The van der Waals surface area contributed by atoms with Gasteiger partial charge in [-0.15, -0.1) is 0 Å². The smallest absolute Gasteiger partial charge is 0.339 e. The summed E-state index contributed by atoms with van der Waals surface area (Å²) in [6.07, 6.45) is 0. The molecule has 2 nitrogen and oxygen atoms in total. The van der Waals surface area contributed by atoms with Crippen LogP contribution in [-0.2, 0) is 0 Å². The molecule has 14 heavy (non-hydrogen) atoms. The summed E-state index contributed by atoms with van der Waals surface area (Å²) in [5.41, 5.74) is -1.97. The maximum absolute atomic E-state index is 13.2. The van der Waals surface area contributed by atoms with Crippen LogP contribution in [0.4, 0.5) is 13.2 Å². The second-order valence-electron chi connectivity index (χ2n) is 2.87. The Labute approximate surface area is 78.8 Å². The van der Waals surface area contributed by atoms with Crippen molar-refractivity contribution in [3.05, 3.63) is 28.6 Å². The first-order valence-electron chi connectivity index (χ1n) is 3.74. The topological polar surface area (TPSA) is 37.3 Å². The average molecular weight is 202 g/mol. The Morgan fingerprint density at radius 1 is 1.21 bits per heavy atom. The number of aromatic carboxylic acids is 1. The molecule has 0 saturated carbocycles. The van der Waals surface area contributed by atoms with Gasteiger partial charge in [-0.05, 0) is 12.4 Å². The lowest BCUT2D eigenvalue weighted by molar-refractivity contribution is 0.0690. The number of carboxylic acid groups (broad SMARTS) is 1. The van der Waals surface area contributed by atoms with Gasteiger partial charge < -0.3 is 5.11 Å². The molecule has 74 valence electrons. The molecular weight excluding hydrogens is 196 g/mol. The normalized spacial score (nSPS) is 10.3. The van der Waals surface area contributed by atoms with E-state index in [1.54, 1.807) is 0 Å². The number of hydrogen-bond donors (Lipinski definition) is 1. The van der Waals surface area contributed by atoms with Gasteiger partial charge in [-0.2, -0.15) is 0 Å². The summed E-state index contributed by atoms with van der Waals surface area (Å²) in [6.45, 7) is 1.02. The summed E-state index contributed by atoms with van der Waals surface area (Å²) in [4.78, 5) is 10.5. The van der Waals surface area contributed by atoms with Crippen LogP contribution in [0.1, 0.15) is 15.9 Å². The summed E-state index contributed by atoms with van der Waals surface area (Å²) in [7, 11) is 0.986. The van der Waals surface area contributed by atoms with Crippen LogP contribution in [0.5, 0.6) is 0 Å². The number of hydrogen-bond acceptors (Lipinski definition) is 1. The number of carbonyl (C=O) groups is 1. The van der Waals surface area contributed by atoms with E-state index < -0.39 is 40.0 Å². The Kier molecular flexibility index (Phi) is 2.55. The molecule has 0 unspecified atom stereocenters. The minimum absolute atomic E-state index is 0.530. The van der Waals surface area contributed by atoms with Gasteiger partial charge in [-0.25, -0.2) is 18.0 Å². The maximum Gasteiger partial charge on any atom is 0.339 e. The maximum atomic E-state index is 13.2. The Morgan fingerprint density at radius 2 is 1.71 bits per heavy atom. The van der Waals surface area contributed by atoms with Gasteiger partial charge in [-0.1, -0.05) is 0 Å². The third-order valence-corrected chi connectivity index (χ3v) is 1.99. The first-order chi connectivity index (χ1) is 6.37. The molecule has 0 aliphatic rings. The van der Waals surface area contributed by atoms with E-state index in [0.717, 1.165) is 14.8 Å². The molecule has 1 aromatic carbocycles. The zero-order valence-corrected chi connectivity index (χ0v) is 7.49. The van der Waals surface area contributed by atoms with Crippen molar-refractivity contribution in [2.24, 2.45) is 0 Å². The van der Waals surface area contributed by atoms with Crippen LogP contribution in [-0.4, -0.2) is 18.9 Å².